The number of nitrogens with zero attached hydrogens (tertiary/aromatic N) is 1. The van der Waals surface area contributed by atoms with E-state index in [1.165, 1.54) is 16.7 Å². The van der Waals surface area contributed by atoms with E-state index < -0.39 is 5.97 Å². The van der Waals surface area contributed by atoms with Crippen LogP contribution in [0.5, 0.6) is 0 Å². The third-order valence-electron chi connectivity index (χ3n) is 2.78. The molecule has 1 aromatic heterocycles. The first-order chi connectivity index (χ1) is 8.63. The van der Waals surface area contributed by atoms with E-state index in [0.29, 0.717) is 5.25 Å². The van der Waals surface area contributed by atoms with E-state index in [-0.39, 0.29) is 0 Å². The minimum absolute atomic E-state index is 0.713. The highest BCUT2D eigenvalue weighted by molar-refractivity contribution is 7.99. The number of hydrogen-bond acceptors (Lipinski definition) is 4. The monoisotopic (exact) mass is 283 g/mol. The van der Waals surface area contributed by atoms with Gasteiger partial charge >= 0.3 is 5.97 Å². The fraction of sp³-hybridized carbons (Fsp3) is 0.462. The number of carbonyl (C=O) groups is 1. The van der Waals surface area contributed by atoms with Crippen molar-refractivity contribution in [3.05, 3.63) is 28.0 Å². The molecule has 18 heavy (non-hydrogen) atoms. The Labute approximate surface area is 115 Å². The molecule has 1 N–H and O–H groups in total. The molecule has 0 spiro atoms. The van der Waals surface area contributed by atoms with Gasteiger partial charge in [-0.2, -0.15) is 11.8 Å². The molecule has 5 heteroatoms. The van der Waals surface area contributed by atoms with Crippen molar-refractivity contribution >= 4 is 35.1 Å². The summed E-state index contributed by atoms with van der Waals surface area (Å²) in [6, 6.07) is 4.08. The molecule has 1 aliphatic rings. The predicted molar refractivity (Wildman–Crippen MR) is 78.2 cm³/mol. The zero-order chi connectivity index (χ0) is 13.0. The maximum absolute atomic E-state index is 10.4. The van der Waals surface area contributed by atoms with Gasteiger partial charge in [-0.15, -0.1) is 11.3 Å². The first-order valence-electron chi connectivity index (χ1n) is 5.97. The molecule has 1 saturated heterocycles. The summed E-state index contributed by atoms with van der Waals surface area (Å²) in [7, 11) is 0. The Hall–Kier alpha value is -0.780. The van der Waals surface area contributed by atoms with Crippen molar-refractivity contribution in [1.82, 2.24) is 4.90 Å². The average Bonchev–Trinajstić information content (AvgIpc) is 2.74. The number of carboxylic acids is 1. The maximum Gasteiger partial charge on any atom is 0.328 e. The number of hydrogen-bond donors (Lipinski definition) is 1. The largest absolute Gasteiger partial charge is 0.478 e. The summed E-state index contributed by atoms with van der Waals surface area (Å²) < 4.78 is 0. The Balaban J connectivity index is 1.91. The molecule has 1 fully saturated rings. The Morgan fingerprint density at radius 2 is 2.44 bits per heavy atom. The van der Waals surface area contributed by atoms with Crippen molar-refractivity contribution in [2.75, 3.05) is 18.8 Å². The van der Waals surface area contributed by atoms with Crippen LogP contribution in [0.1, 0.15) is 16.7 Å². The van der Waals surface area contributed by atoms with Gasteiger partial charge in [0.05, 0.1) is 0 Å². The zero-order valence-corrected chi connectivity index (χ0v) is 12.0. The standard InChI is InChI=1S/C13H17NO2S2/c1-10-8-14(6-7-17-10)9-12-3-2-11(18-12)4-5-13(15)16/h2-5,10H,6-9H2,1H3,(H,15,16)/b5-4+. The summed E-state index contributed by atoms with van der Waals surface area (Å²) in [5, 5.41) is 9.29. The van der Waals surface area contributed by atoms with Gasteiger partial charge in [0.2, 0.25) is 0 Å². The molecule has 1 atom stereocenters. The molecule has 1 aromatic rings. The lowest BCUT2D eigenvalue weighted by Gasteiger charge is -2.29. The van der Waals surface area contributed by atoms with E-state index in [1.807, 2.05) is 17.8 Å². The third kappa shape index (κ3) is 4.15. The number of thiophene rings is 1. The minimum Gasteiger partial charge on any atom is -0.478 e. The van der Waals surface area contributed by atoms with Gasteiger partial charge in [0.25, 0.3) is 0 Å². The van der Waals surface area contributed by atoms with Crippen molar-refractivity contribution in [1.29, 1.82) is 0 Å². The number of thioether (sulfide) groups is 1. The molecule has 1 unspecified atom stereocenters. The maximum atomic E-state index is 10.4. The lowest BCUT2D eigenvalue weighted by molar-refractivity contribution is -0.131. The van der Waals surface area contributed by atoms with Gasteiger partial charge in [-0.05, 0) is 18.2 Å². The predicted octanol–water partition coefficient (Wildman–Crippen LogP) is 2.78. The summed E-state index contributed by atoms with van der Waals surface area (Å²) >= 11 is 3.71. The van der Waals surface area contributed by atoms with Crippen LogP contribution in [0.2, 0.25) is 0 Å². The quantitative estimate of drug-likeness (QED) is 0.863. The van der Waals surface area contributed by atoms with Crippen LogP contribution in [0.3, 0.4) is 0 Å². The van der Waals surface area contributed by atoms with Crippen molar-refractivity contribution in [2.45, 2.75) is 18.7 Å². The highest BCUT2D eigenvalue weighted by atomic mass is 32.2. The second-order valence-electron chi connectivity index (χ2n) is 4.39. The van der Waals surface area contributed by atoms with Crippen LogP contribution in [0, 0.1) is 0 Å². The van der Waals surface area contributed by atoms with E-state index in [1.54, 1.807) is 17.4 Å². The molecule has 2 rings (SSSR count). The molecular weight excluding hydrogens is 266 g/mol. The van der Waals surface area contributed by atoms with Crippen LogP contribution in [0.25, 0.3) is 6.08 Å². The van der Waals surface area contributed by atoms with E-state index in [9.17, 15) is 4.79 Å². The Kier molecular flexibility index (Phi) is 4.86. The van der Waals surface area contributed by atoms with Gasteiger partial charge in [-0.25, -0.2) is 4.79 Å². The molecular formula is C13H17NO2S2. The lowest BCUT2D eigenvalue weighted by atomic mass is 10.3. The molecule has 2 heterocycles. The molecule has 0 bridgehead atoms. The normalized spacial score (nSPS) is 21.5. The van der Waals surface area contributed by atoms with Crippen molar-refractivity contribution < 1.29 is 9.90 Å². The van der Waals surface area contributed by atoms with E-state index in [4.69, 9.17) is 5.11 Å². The van der Waals surface area contributed by atoms with Crippen LogP contribution < -0.4 is 0 Å². The number of aliphatic carboxylic acids is 1. The fourth-order valence-electron chi connectivity index (χ4n) is 1.98. The van der Waals surface area contributed by atoms with Gasteiger partial charge in [0.1, 0.15) is 0 Å². The van der Waals surface area contributed by atoms with Gasteiger partial charge in [-0.1, -0.05) is 6.92 Å². The van der Waals surface area contributed by atoms with E-state index in [2.05, 4.69) is 17.9 Å². The first kappa shape index (κ1) is 13.6. The molecule has 3 nitrogen and oxygen atoms in total. The molecule has 0 radical (unpaired) electrons. The summed E-state index contributed by atoms with van der Waals surface area (Å²) in [5.41, 5.74) is 0. The summed E-state index contributed by atoms with van der Waals surface area (Å²) in [6.07, 6.45) is 2.85. The highest BCUT2D eigenvalue weighted by Gasteiger charge is 2.16. The summed E-state index contributed by atoms with van der Waals surface area (Å²) in [4.78, 5) is 15.2. The van der Waals surface area contributed by atoms with Crippen LogP contribution >= 0.6 is 23.1 Å². The van der Waals surface area contributed by atoms with Crippen molar-refractivity contribution in [3.8, 4) is 0 Å². The number of rotatable bonds is 4. The molecule has 0 saturated carbocycles. The fourth-order valence-corrected chi connectivity index (χ4v) is 4.02. The Morgan fingerprint density at radius 1 is 1.61 bits per heavy atom. The van der Waals surface area contributed by atoms with Crippen LogP contribution in [-0.2, 0) is 11.3 Å². The van der Waals surface area contributed by atoms with Crippen LogP contribution in [-0.4, -0.2) is 40.1 Å². The number of carboxylic acid groups (broad SMARTS) is 1. The van der Waals surface area contributed by atoms with Crippen molar-refractivity contribution in [2.24, 2.45) is 0 Å². The SMILES string of the molecule is CC1CN(Cc2ccc(/C=C/C(=O)O)s2)CCS1. The second kappa shape index (κ2) is 6.41. The first-order valence-corrected chi connectivity index (χ1v) is 7.83. The summed E-state index contributed by atoms with van der Waals surface area (Å²) in [5.74, 6) is 0.310. The molecule has 0 aliphatic carbocycles. The third-order valence-corrected chi connectivity index (χ3v) is 4.95. The van der Waals surface area contributed by atoms with Crippen LogP contribution in [0.4, 0.5) is 0 Å². The minimum atomic E-state index is -0.896. The molecule has 0 aromatic carbocycles. The van der Waals surface area contributed by atoms with E-state index >= 15 is 0 Å². The van der Waals surface area contributed by atoms with Gasteiger partial charge in [0.15, 0.2) is 0 Å². The van der Waals surface area contributed by atoms with Gasteiger partial charge in [0, 0.05) is 46.5 Å². The topological polar surface area (TPSA) is 40.5 Å². The smallest absolute Gasteiger partial charge is 0.328 e. The lowest BCUT2D eigenvalue weighted by Crippen LogP contribution is -2.35. The van der Waals surface area contributed by atoms with E-state index in [0.717, 1.165) is 24.5 Å². The molecule has 0 amide bonds. The average molecular weight is 283 g/mol. The zero-order valence-electron chi connectivity index (χ0n) is 10.3. The van der Waals surface area contributed by atoms with Crippen molar-refractivity contribution in [3.63, 3.8) is 0 Å². The Bertz CT molecular complexity index is 442. The highest BCUT2D eigenvalue weighted by Crippen LogP contribution is 2.23. The molecule has 1 aliphatic heterocycles. The molecule has 98 valence electrons. The van der Waals surface area contributed by atoms with Crippen LogP contribution in [0.15, 0.2) is 18.2 Å². The van der Waals surface area contributed by atoms with Gasteiger partial charge in [-0.3, -0.25) is 4.90 Å². The van der Waals surface area contributed by atoms with Gasteiger partial charge < -0.3 is 5.11 Å². The summed E-state index contributed by atoms with van der Waals surface area (Å²) in [6.45, 7) is 5.54. The Morgan fingerprint density at radius 3 is 3.17 bits per heavy atom. The second-order valence-corrected chi connectivity index (χ2v) is 7.14.